The van der Waals surface area contributed by atoms with Crippen LogP contribution >= 0.6 is 0 Å². The molecule has 1 unspecified atom stereocenters. The van der Waals surface area contributed by atoms with Gasteiger partial charge in [0.15, 0.2) is 0 Å². The van der Waals surface area contributed by atoms with Crippen LogP contribution in [0.15, 0.2) is 59.8 Å². The smallest absolute Gasteiger partial charge is 0.350 e. The van der Waals surface area contributed by atoms with Gasteiger partial charge in [-0.15, -0.1) is 0 Å². The van der Waals surface area contributed by atoms with Gasteiger partial charge < -0.3 is 9.84 Å². The first kappa shape index (κ1) is 23.9. The number of alkyl halides is 6. The summed E-state index contributed by atoms with van der Waals surface area (Å²) in [7, 11) is 0. The van der Waals surface area contributed by atoms with Crippen LogP contribution in [-0.4, -0.2) is 30.8 Å². The molecule has 0 spiro atoms. The number of amides is 1. The maximum absolute atomic E-state index is 13.5. The molecule has 0 aliphatic carbocycles. The highest BCUT2D eigenvalue weighted by molar-refractivity contribution is 6.02. The number of halogens is 6. The molecule has 1 N–H and O–H groups in total. The molecule has 4 rings (SSSR count). The molecule has 35 heavy (non-hydrogen) atoms. The Hall–Kier alpha value is -4.23. The molecule has 0 radical (unpaired) electrons. The van der Waals surface area contributed by atoms with Crippen molar-refractivity contribution in [1.29, 1.82) is 0 Å². The summed E-state index contributed by atoms with van der Waals surface area (Å²) in [6.45, 7) is 1.33. The minimum atomic E-state index is -5.03. The average Bonchev–Trinajstić information content (AvgIpc) is 3.48. The van der Waals surface area contributed by atoms with E-state index in [0.717, 1.165) is 10.7 Å². The lowest BCUT2D eigenvalue weighted by molar-refractivity contribution is -0.143. The molecule has 14 heteroatoms. The largest absolute Gasteiger partial charge is 0.416 e. The summed E-state index contributed by atoms with van der Waals surface area (Å²) in [6.07, 6.45) is -3.24. The quantitative estimate of drug-likeness (QED) is 0.380. The molecule has 0 saturated carbocycles. The second-order valence-electron chi connectivity index (χ2n) is 7.30. The van der Waals surface area contributed by atoms with Crippen molar-refractivity contribution in [2.45, 2.75) is 25.3 Å². The molecule has 0 bridgehead atoms. The Morgan fingerprint density at radius 1 is 1.03 bits per heavy atom. The van der Waals surface area contributed by atoms with Gasteiger partial charge in [-0.1, -0.05) is 11.2 Å². The molecule has 3 aromatic heterocycles. The zero-order valence-electron chi connectivity index (χ0n) is 17.6. The SMILES string of the molecule is CC(c1ccc(C(F)(F)F)cc1C(F)(F)F)n1cc(NC(=O)c2cc(-c3cnccn3)no2)cn1. The number of carbonyl (C=O) groups excluding carboxylic acids is 1. The standard InChI is InChI=1S/C21H14F6N6O2/c1-11(14-3-2-12(20(22,23)24)6-15(14)21(25,26)27)33-10-13(8-30-33)31-19(34)18-7-16(32-35-18)17-9-28-4-5-29-17/h2-11H,1H3,(H,31,34). The lowest BCUT2D eigenvalue weighted by Crippen LogP contribution is -2.17. The van der Waals surface area contributed by atoms with Crippen LogP contribution in [0.2, 0.25) is 0 Å². The average molecular weight is 496 g/mol. The number of aromatic nitrogens is 5. The molecule has 4 aromatic rings. The van der Waals surface area contributed by atoms with Gasteiger partial charge in [-0.3, -0.25) is 19.4 Å². The highest BCUT2D eigenvalue weighted by atomic mass is 19.4. The topological polar surface area (TPSA) is 98.7 Å². The van der Waals surface area contributed by atoms with Crippen LogP contribution in [0, 0.1) is 0 Å². The van der Waals surface area contributed by atoms with Crippen LogP contribution in [-0.2, 0) is 12.4 Å². The molecular weight excluding hydrogens is 482 g/mol. The van der Waals surface area contributed by atoms with Gasteiger partial charge in [-0.05, 0) is 24.6 Å². The third kappa shape index (κ3) is 5.15. The van der Waals surface area contributed by atoms with E-state index in [1.54, 1.807) is 0 Å². The lowest BCUT2D eigenvalue weighted by Gasteiger charge is -2.20. The van der Waals surface area contributed by atoms with Crippen molar-refractivity contribution in [2.75, 3.05) is 5.32 Å². The molecule has 1 amide bonds. The summed E-state index contributed by atoms with van der Waals surface area (Å²) < 4.78 is 85.4. The number of nitrogens with zero attached hydrogens (tertiary/aromatic N) is 5. The highest BCUT2D eigenvalue weighted by Gasteiger charge is 2.39. The van der Waals surface area contributed by atoms with Gasteiger partial charge >= 0.3 is 12.4 Å². The van der Waals surface area contributed by atoms with Crippen molar-refractivity contribution in [3.8, 4) is 11.4 Å². The van der Waals surface area contributed by atoms with E-state index in [9.17, 15) is 31.1 Å². The third-order valence-corrected chi connectivity index (χ3v) is 4.95. The Morgan fingerprint density at radius 3 is 2.46 bits per heavy atom. The summed E-state index contributed by atoms with van der Waals surface area (Å²) in [6, 6.07) is 1.62. The van der Waals surface area contributed by atoms with Crippen molar-refractivity contribution in [2.24, 2.45) is 0 Å². The maximum atomic E-state index is 13.5. The highest BCUT2D eigenvalue weighted by Crippen LogP contribution is 2.39. The number of rotatable bonds is 5. The number of anilines is 1. The Kier molecular flexibility index (Phi) is 6.05. The minimum absolute atomic E-state index is 0.0661. The van der Waals surface area contributed by atoms with E-state index in [2.05, 4.69) is 25.5 Å². The van der Waals surface area contributed by atoms with Crippen LogP contribution in [0.5, 0.6) is 0 Å². The molecule has 3 heterocycles. The first-order chi connectivity index (χ1) is 16.4. The zero-order valence-corrected chi connectivity index (χ0v) is 17.6. The van der Waals surface area contributed by atoms with Gasteiger partial charge in [0.1, 0.15) is 11.4 Å². The van der Waals surface area contributed by atoms with E-state index in [1.807, 2.05) is 0 Å². The summed E-state index contributed by atoms with van der Waals surface area (Å²) in [5.74, 6) is -0.890. The van der Waals surface area contributed by atoms with Crippen LogP contribution in [0.1, 0.15) is 40.2 Å². The van der Waals surface area contributed by atoms with E-state index in [0.29, 0.717) is 11.8 Å². The fourth-order valence-electron chi connectivity index (χ4n) is 3.23. The van der Waals surface area contributed by atoms with E-state index in [4.69, 9.17) is 4.52 Å². The summed E-state index contributed by atoms with van der Waals surface area (Å²) in [5.41, 5.74) is -2.53. The first-order valence-corrected chi connectivity index (χ1v) is 9.80. The van der Waals surface area contributed by atoms with Crippen molar-refractivity contribution >= 4 is 11.6 Å². The van der Waals surface area contributed by atoms with E-state index in [-0.39, 0.29) is 23.2 Å². The summed E-state index contributed by atoms with van der Waals surface area (Å²) in [4.78, 5) is 20.4. The number of benzene rings is 1. The van der Waals surface area contributed by atoms with Crippen molar-refractivity contribution in [3.63, 3.8) is 0 Å². The van der Waals surface area contributed by atoms with Crippen LogP contribution in [0.25, 0.3) is 11.4 Å². The molecule has 1 aromatic carbocycles. The normalized spacial score (nSPS) is 13.0. The molecule has 182 valence electrons. The van der Waals surface area contributed by atoms with Gasteiger partial charge in [0.2, 0.25) is 5.76 Å². The van der Waals surface area contributed by atoms with Gasteiger partial charge in [0, 0.05) is 24.7 Å². The molecule has 0 aliphatic heterocycles. The Labute approximate surface area is 192 Å². The first-order valence-electron chi connectivity index (χ1n) is 9.80. The van der Waals surface area contributed by atoms with Crippen LogP contribution in [0.4, 0.5) is 32.0 Å². The van der Waals surface area contributed by atoms with Crippen LogP contribution in [0.3, 0.4) is 0 Å². The number of hydrogen-bond acceptors (Lipinski definition) is 6. The molecule has 1 atom stereocenters. The van der Waals surface area contributed by atoms with Gasteiger partial charge in [-0.25, -0.2) is 0 Å². The summed E-state index contributed by atoms with van der Waals surface area (Å²) in [5, 5.41) is 10.1. The fourth-order valence-corrected chi connectivity index (χ4v) is 3.23. The van der Waals surface area contributed by atoms with E-state index < -0.39 is 41.0 Å². The molecule has 8 nitrogen and oxygen atoms in total. The predicted octanol–water partition coefficient (Wildman–Crippen LogP) is 5.23. The maximum Gasteiger partial charge on any atom is 0.416 e. The van der Waals surface area contributed by atoms with Gasteiger partial charge in [-0.2, -0.15) is 31.4 Å². The van der Waals surface area contributed by atoms with Crippen LogP contribution < -0.4 is 5.32 Å². The van der Waals surface area contributed by atoms with Crippen molar-refractivity contribution in [1.82, 2.24) is 24.9 Å². The van der Waals surface area contributed by atoms with Gasteiger partial charge in [0.25, 0.3) is 5.91 Å². The number of hydrogen-bond donors (Lipinski definition) is 1. The molecule has 0 aliphatic rings. The Bertz CT molecular complexity index is 1350. The van der Waals surface area contributed by atoms with Gasteiger partial charge in [0.05, 0.1) is 35.2 Å². The zero-order chi connectivity index (χ0) is 25.4. The van der Waals surface area contributed by atoms with Crippen molar-refractivity contribution < 1.29 is 35.7 Å². The second-order valence-corrected chi connectivity index (χ2v) is 7.30. The number of carbonyl (C=O) groups is 1. The van der Waals surface area contributed by atoms with Crippen molar-refractivity contribution in [3.05, 3.63) is 77.7 Å². The monoisotopic (exact) mass is 496 g/mol. The second kappa shape index (κ2) is 8.85. The third-order valence-electron chi connectivity index (χ3n) is 4.95. The lowest BCUT2D eigenvalue weighted by atomic mass is 9.98. The Balaban J connectivity index is 1.54. The number of nitrogens with one attached hydrogen (secondary N) is 1. The molecule has 0 fully saturated rings. The molecule has 0 saturated heterocycles. The molecular formula is C21H14F6N6O2. The predicted molar refractivity (Wildman–Crippen MR) is 108 cm³/mol. The minimum Gasteiger partial charge on any atom is -0.350 e. The fraction of sp³-hybridized carbons (Fsp3) is 0.190. The summed E-state index contributed by atoms with van der Waals surface area (Å²) >= 11 is 0. The van der Waals surface area contributed by atoms with E-state index >= 15 is 0 Å². The van der Waals surface area contributed by atoms with E-state index in [1.165, 1.54) is 44.0 Å². The Morgan fingerprint density at radius 2 is 1.80 bits per heavy atom.